The minimum absolute atomic E-state index is 0.122. The molecule has 1 aliphatic rings. The molecule has 2 rings (SSSR count). The van der Waals surface area contributed by atoms with Crippen LogP contribution in [0.1, 0.15) is 6.42 Å². The van der Waals surface area contributed by atoms with Gasteiger partial charge in [-0.15, -0.1) is 0 Å². The van der Waals surface area contributed by atoms with Crippen molar-refractivity contribution < 1.29 is 14.3 Å². The largest absolute Gasteiger partial charge is 0.495 e. The SMILES string of the molecule is COc1ccc(N2C[C@H](C(N)=O)CC2=O)cc1N. The fraction of sp³-hybridized carbons (Fsp3) is 0.333. The number of hydrogen-bond donors (Lipinski definition) is 2. The van der Waals surface area contributed by atoms with Gasteiger partial charge in [0.15, 0.2) is 0 Å². The summed E-state index contributed by atoms with van der Waals surface area (Å²) in [5.74, 6) is -0.451. The number of methoxy groups -OCH3 is 1. The number of carbonyl (C=O) groups excluding carboxylic acids is 2. The summed E-state index contributed by atoms with van der Waals surface area (Å²) in [5.41, 5.74) is 12.1. The summed E-state index contributed by atoms with van der Waals surface area (Å²) in [6.45, 7) is 0.305. The number of rotatable bonds is 3. The number of carbonyl (C=O) groups is 2. The van der Waals surface area contributed by atoms with Crippen molar-refractivity contribution in [2.24, 2.45) is 11.7 Å². The van der Waals surface area contributed by atoms with Crippen LogP contribution in [-0.2, 0) is 9.59 Å². The van der Waals surface area contributed by atoms with Gasteiger partial charge in [0.2, 0.25) is 11.8 Å². The molecule has 18 heavy (non-hydrogen) atoms. The molecule has 0 unspecified atom stereocenters. The Morgan fingerprint density at radius 1 is 1.50 bits per heavy atom. The second-order valence-corrected chi connectivity index (χ2v) is 4.23. The first-order valence-corrected chi connectivity index (χ1v) is 5.56. The highest BCUT2D eigenvalue weighted by atomic mass is 16.5. The van der Waals surface area contributed by atoms with Crippen LogP contribution in [0.3, 0.4) is 0 Å². The molecule has 0 bridgehead atoms. The molecular formula is C12H15N3O3. The summed E-state index contributed by atoms with van der Waals surface area (Å²) in [5, 5.41) is 0. The van der Waals surface area contributed by atoms with Gasteiger partial charge in [-0.1, -0.05) is 0 Å². The molecule has 96 valence electrons. The molecule has 1 aromatic carbocycles. The number of amides is 2. The van der Waals surface area contributed by atoms with Crippen molar-refractivity contribution >= 4 is 23.2 Å². The Hall–Kier alpha value is -2.24. The van der Waals surface area contributed by atoms with Crippen LogP contribution in [0.5, 0.6) is 5.75 Å². The summed E-state index contributed by atoms with van der Waals surface area (Å²) in [7, 11) is 1.52. The van der Waals surface area contributed by atoms with Gasteiger partial charge in [0.25, 0.3) is 0 Å². The van der Waals surface area contributed by atoms with Crippen molar-refractivity contribution in [2.75, 3.05) is 24.3 Å². The van der Waals surface area contributed by atoms with Crippen LogP contribution in [-0.4, -0.2) is 25.5 Å². The third kappa shape index (κ3) is 2.09. The van der Waals surface area contributed by atoms with Gasteiger partial charge in [-0.3, -0.25) is 9.59 Å². The van der Waals surface area contributed by atoms with Crippen LogP contribution >= 0.6 is 0 Å². The molecule has 0 aromatic heterocycles. The van der Waals surface area contributed by atoms with Crippen LogP contribution in [0.2, 0.25) is 0 Å². The highest BCUT2D eigenvalue weighted by Crippen LogP contribution is 2.30. The lowest BCUT2D eigenvalue weighted by Crippen LogP contribution is -2.28. The van der Waals surface area contributed by atoms with Gasteiger partial charge in [0, 0.05) is 18.7 Å². The minimum atomic E-state index is -0.452. The number of benzene rings is 1. The van der Waals surface area contributed by atoms with Gasteiger partial charge >= 0.3 is 0 Å². The van der Waals surface area contributed by atoms with Crippen LogP contribution in [0.25, 0.3) is 0 Å². The standard InChI is InChI=1S/C12H15N3O3/c1-18-10-3-2-8(5-9(10)13)15-6-7(12(14)17)4-11(15)16/h2-3,5,7H,4,6,13H2,1H3,(H2,14,17)/t7-/m1/s1. The summed E-state index contributed by atoms with van der Waals surface area (Å²) in [4.78, 5) is 24.4. The Labute approximate surface area is 104 Å². The van der Waals surface area contributed by atoms with E-state index < -0.39 is 11.8 Å². The lowest BCUT2D eigenvalue weighted by molar-refractivity contribution is -0.123. The molecule has 4 N–H and O–H groups in total. The highest BCUT2D eigenvalue weighted by molar-refractivity contribution is 6.00. The second-order valence-electron chi connectivity index (χ2n) is 4.23. The van der Waals surface area contributed by atoms with Crippen LogP contribution in [0, 0.1) is 5.92 Å². The molecule has 0 spiro atoms. The van der Waals surface area contributed by atoms with Crippen molar-refractivity contribution in [3.8, 4) is 5.75 Å². The maximum atomic E-state index is 11.8. The molecule has 6 nitrogen and oxygen atoms in total. The molecule has 0 radical (unpaired) electrons. The van der Waals surface area contributed by atoms with E-state index in [4.69, 9.17) is 16.2 Å². The van der Waals surface area contributed by atoms with Gasteiger partial charge in [-0.25, -0.2) is 0 Å². The monoisotopic (exact) mass is 249 g/mol. The number of anilines is 2. The van der Waals surface area contributed by atoms with E-state index in [9.17, 15) is 9.59 Å². The lowest BCUT2D eigenvalue weighted by atomic mass is 10.1. The third-order valence-electron chi connectivity index (χ3n) is 3.05. The Morgan fingerprint density at radius 3 is 2.72 bits per heavy atom. The van der Waals surface area contributed by atoms with E-state index in [1.54, 1.807) is 18.2 Å². The molecule has 6 heteroatoms. The van der Waals surface area contributed by atoms with E-state index in [2.05, 4.69) is 0 Å². The van der Waals surface area contributed by atoms with Crippen molar-refractivity contribution in [1.82, 2.24) is 0 Å². The van der Waals surface area contributed by atoms with Crippen LogP contribution in [0.15, 0.2) is 18.2 Å². The van der Waals surface area contributed by atoms with E-state index in [1.807, 2.05) is 0 Å². The molecule has 1 atom stereocenters. The Balaban J connectivity index is 2.24. The Kier molecular flexibility index (Phi) is 3.10. The van der Waals surface area contributed by atoms with Gasteiger partial charge in [0.1, 0.15) is 5.75 Å². The average molecular weight is 249 g/mol. The van der Waals surface area contributed by atoms with Gasteiger partial charge in [-0.2, -0.15) is 0 Å². The summed E-state index contributed by atoms with van der Waals surface area (Å²) >= 11 is 0. The summed E-state index contributed by atoms with van der Waals surface area (Å²) < 4.78 is 5.05. The first kappa shape index (κ1) is 12.2. The van der Waals surface area contributed by atoms with E-state index >= 15 is 0 Å². The molecule has 0 saturated carbocycles. The van der Waals surface area contributed by atoms with E-state index in [-0.39, 0.29) is 12.3 Å². The maximum absolute atomic E-state index is 11.8. The first-order chi connectivity index (χ1) is 8.52. The second kappa shape index (κ2) is 4.56. The fourth-order valence-corrected chi connectivity index (χ4v) is 2.04. The lowest BCUT2D eigenvalue weighted by Gasteiger charge is -2.17. The normalized spacial score (nSPS) is 19.1. The van der Waals surface area contributed by atoms with Gasteiger partial charge in [0.05, 0.1) is 18.7 Å². The zero-order chi connectivity index (χ0) is 13.3. The Morgan fingerprint density at radius 2 is 2.22 bits per heavy atom. The quantitative estimate of drug-likeness (QED) is 0.743. The van der Waals surface area contributed by atoms with Crippen molar-refractivity contribution in [3.63, 3.8) is 0 Å². The zero-order valence-corrected chi connectivity index (χ0v) is 10.1. The van der Waals surface area contributed by atoms with Crippen LogP contribution < -0.4 is 21.1 Å². The molecule has 1 aliphatic heterocycles. The maximum Gasteiger partial charge on any atom is 0.227 e. The summed E-state index contributed by atoms with van der Waals surface area (Å²) in [6, 6.07) is 5.08. The van der Waals surface area contributed by atoms with Gasteiger partial charge in [-0.05, 0) is 18.2 Å². The number of ether oxygens (including phenoxy) is 1. The number of nitrogen functional groups attached to an aromatic ring is 1. The predicted molar refractivity (Wildman–Crippen MR) is 67.1 cm³/mol. The molecule has 1 heterocycles. The predicted octanol–water partition coefficient (Wildman–Crippen LogP) is 0.116. The molecule has 1 saturated heterocycles. The topological polar surface area (TPSA) is 98.6 Å². The fourth-order valence-electron chi connectivity index (χ4n) is 2.04. The van der Waals surface area contributed by atoms with E-state index in [0.29, 0.717) is 23.7 Å². The molecule has 2 amide bonds. The third-order valence-corrected chi connectivity index (χ3v) is 3.05. The number of nitrogens with two attached hydrogens (primary N) is 2. The van der Waals surface area contributed by atoms with E-state index in [0.717, 1.165) is 0 Å². The Bertz CT molecular complexity index is 501. The first-order valence-electron chi connectivity index (χ1n) is 5.56. The molecule has 1 fully saturated rings. The average Bonchev–Trinajstić information content (AvgIpc) is 2.71. The van der Waals surface area contributed by atoms with Gasteiger partial charge < -0.3 is 21.1 Å². The van der Waals surface area contributed by atoms with Crippen molar-refractivity contribution in [1.29, 1.82) is 0 Å². The van der Waals surface area contributed by atoms with Crippen molar-refractivity contribution in [2.45, 2.75) is 6.42 Å². The smallest absolute Gasteiger partial charge is 0.227 e. The van der Waals surface area contributed by atoms with Crippen LogP contribution in [0.4, 0.5) is 11.4 Å². The zero-order valence-electron chi connectivity index (χ0n) is 10.1. The number of primary amides is 1. The van der Waals surface area contributed by atoms with E-state index in [1.165, 1.54) is 12.0 Å². The molecule has 0 aliphatic carbocycles. The highest BCUT2D eigenvalue weighted by Gasteiger charge is 2.34. The minimum Gasteiger partial charge on any atom is -0.495 e. The van der Waals surface area contributed by atoms with Crippen molar-refractivity contribution in [3.05, 3.63) is 18.2 Å². The molecular weight excluding hydrogens is 234 g/mol. The number of nitrogens with zero attached hydrogens (tertiary/aromatic N) is 1. The number of hydrogen-bond acceptors (Lipinski definition) is 4. The summed E-state index contributed by atoms with van der Waals surface area (Å²) in [6.07, 6.45) is 0.154. The molecule has 1 aromatic rings.